The van der Waals surface area contributed by atoms with Gasteiger partial charge in [0.2, 0.25) is 0 Å². The Morgan fingerprint density at radius 3 is 1.28 bits per heavy atom. The average Bonchev–Trinajstić information content (AvgIpc) is 2.82. The number of benzene rings is 2. The standard InChI is InChI=1S/C25H24F8N2O/c26-19-5-1-3-17(24(28,29)30)21(19)15-7-11-34(12-8-15)23(36)35-13-9-16(10-14-35)22-18(25(31,32)33)4-2-6-20(22)27/h1-6,15-16H,7-14H2. The predicted molar refractivity (Wildman–Crippen MR) is 115 cm³/mol. The lowest BCUT2D eigenvalue weighted by Crippen LogP contribution is -2.49. The van der Waals surface area contributed by atoms with Crippen molar-refractivity contribution in [2.45, 2.75) is 49.9 Å². The Morgan fingerprint density at radius 2 is 0.972 bits per heavy atom. The predicted octanol–water partition coefficient (Wildman–Crippen LogP) is 7.18. The van der Waals surface area contributed by atoms with Gasteiger partial charge in [0.05, 0.1) is 11.1 Å². The summed E-state index contributed by atoms with van der Waals surface area (Å²) < 4.78 is 109. The summed E-state index contributed by atoms with van der Waals surface area (Å²) in [4.78, 5) is 15.9. The molecule has 0 aliphatic carbocycles. The Balaban J connectivity index is 1.39. The Morgan fingerprint density at radius 1 is 0.639 bits per heavy atom. The molecule has 2 amide bonds. The molecular weight excluding hydrogens is 496 g/mol. The maximum absolute atomic E-state index is 14.3. The van der Waals surface area contributed by atoms with Gasteiger partial charge in [0.25, 0.3) is 0 Å². The van der Waals surface area contributed by atoms with Crippen molar-refractivity contribution in [1.29, 1.82) is 0 Å². The van der Waals surface area contributed by atoms with E-state index in [-0.39, 0.29) is 69.0 Å². The number of hydrogen-bond donors (Lipinski definition) is 0. The fourth-order valence-corrected chi connectivity index (χ4v) is 5.32. The monoisotopic (exact) mass is 520 g/mol. The summed E-state index contributed by atoms with van der Waals surface area (Å²) in [5.74, 6) is -3.25. The van der Waals surface area contributed by atoms with Crippen LogP contribution in [0.25, 0.3) is 0 Å². The number of alkyl halides is 6. The number of hydrogen-bond acceptors (Lipinski definition) is 1. The highest BCUT2D eigenvalue weighted by Crippen LogP contribution is 2.42. The molecule has 196 valence electrons. The molecule has 0 bridgehead atoms. The third kappa shape index (κ3) is 5.29. The van der Waals surface area contributed by atoms with Crippen LogP contribution in [0.4, 0.5) is 39.9 Å². The molecule has 2 aromatic rings. The SMILES string of the molecule is O=C(N1CCC(c2c(F)cccc2C(F)(F)F)CC1)N1CCC(c2c(F)cccc2C(F)(F)F)CC1. The van der Waals surface area contributed by atoms with E-state index in [9.17, 15) is 39.9 Å². The largest absolute Gasteiger partial charge is 0.416 e. The third-order valence-corrected chi connectivity index (χ3v) is 7.06. The van der Waals surface area contributed by atoms with E-state index in [0.29, 0.717) is 0 Å². The summed E-state index contributed by atoms with van der Waals surface area (Å²) in [7, 11) is 0. The molecule has 0 spiro atoms. The molecule has 0 N–H and O–H groups in total. The molecule has 0 unspecified atom stereocenters. The fraction of sp³-hybridized carbons (Fsp3) is 0.480. The number of piperidine rings is 2. The maximum atomic E-state index is 14.3. The number of likely N-dealkylation sites (tertiary alicyclic amines) is 2. The van der Waals surface area contributed by atoms with Gasteiger partial charge in [-0.15, -0.1) is 0 Å². The van der Waals surface area contributed by atoms with Crippen LogP contribution in [-0.4, -0.2) is 42.0 Å². The van der Waals surface area contributed by atoms with Gasteiger partial charge < -0.3 is 9.80 Å². The first-order valence-corrected chi connectivity index (χ1v) is 11.6. The molecule has 2 heterocycles. The number of halogens is 8. The van der Waals surface area contributed by atoms with E-state index in [1.54, 1.807) is 0 Å². The molecule has 2 saturated heterocycles. The average molecular weight is 520 g/mol. The second kappa shape index (κ2) is 9.89. The highest BCUT2D eigenvalue weighted by Gasteiger charge is 2.40. The van der Waals surface area contributed by atoms with Crippen molar-refractivity contribution >= 4 is 6.03 Å². The van der Waals surface area contributed by atoms with E-state index < -0.39 is 46.9 Å². The number of urea groups is 1. The molecule has 11 heteroatoms. The summed E-state index contributed by atoms with van der Waals surface area (Å²) in [6.07, 6.45) is -8.79. The Hall–Kier alpha value is -2.85. The normalized spacial score (nSPS) is 18.6. The fourth-order valence-electron chi connectivity index (χ4n) is 5.32. The van der Waals surface area contributed by atoms with Crippen molar-refractivity contribution in [3.63, 3.8) is 0 Å². The first kappa shape index (κ1) is 26.2. The van der Waals surface area contributed by atoms with Crippen LogP contribution in [0.2, 0.25) is 0 Å². The highest BCUT2D eigenvalue weighted by molar-refractivity contribution is 5.74. The minimum Gasteiger partial charge on any atom is -0.325 e. The Bertz CT molecular complexity index is 1010. The summed E-state index contributed by atoms with van der Waals surface area (Å²) in [6, 6.07) is 5.34. The van der Waals surface area contributed by atoms with Crippen LogP contribution in [0.1, 0.15) is 59.8 Å². The van der Waals surface area contributed by atoms with Crippen molar-refractivity contribution in [2.75, 3.05) is 26.2 Å². The van der Waals surface area contributed by atoms with Gasteiger partial charge in [0, 0.05) is 37.3 Å². The minimum absolute atomic E-state index is 0.126. The quantitative estimate of drug-likeness (QED) is 0.385. The van der Waals surface area contributed by atoms with Gasteiger partial charge in [0.1, 0.15) is 11.6 Å². The van der Waals surface area contributed by atoms with Crippen LogP contribution < -0.4 is 0 Å². The van der Waals surface area contributed by atoms with E-state index in [2.05, 4.69) is 0 Å². The lowest BCUT2D eigenvalue weighted by Gasteiger charge is -2.39. The van der Waals surface area contributed by atoms with E-state index in [0.717, 1.165) is 36.4 Å². The molecule has 0 saturated carbocycles. The molecule has 2 aliphatic heterocycles. The second-order valence-electron chi connectivity index (χ2n) is 9.20. The van der Waals surface area contributed by atoms with Gasteiger partial charge in [-0.1, -0.05) is 12.1 Å². The summed E-state index contributed by atoms with van der Waals surface area (Å²) in [6.45, 7) is 0.502. The summed E-state index contributed by atoms with van der Waals surface area (Å²) >= 11 is 0. The van der Waals surface area contributed by atoms with Gasteiger partial charge in [-0.3, -0.25) is 0 Å². The third-order valence-electron chi connectivity index (χ3n) is 7.06. The van der Waals surface area contributed by atoms with Crippen molar-refractivity contribution in [3.8, 4) is 0 Å². The molecule has 2 aliphatic rings. The van der Waals surface area contributed by atoms with Crippen molar-refractivity contribution < 1.29 is 39.9 Å². The molecule has 36 heavy (non-hydrogen) atoms. The first-order chi connectivity index (χ1) is 16.9. The van der Waals surface area contributed by atoms with Gasteiger partial charge in [-0.2, -0.15) is 26.3 Å². The number of amides is 2. The topological polar surface area (TPSA) is 23.6 Å². The molecule has 4 rings (SSSR count). The van der Waals surface area contributed by atoms with Crippen LogP contribution >= 0.6 is 0 Å². The van der Waals surface area contributed by atoms with Crippen LogP contribution in [0, 0.1) is 11.6 Å². The number of carbonyl (C=O) groups is 1. The smallest absolute Gasteiger partial charge is 0.325 e. The molecule has 0 aromatic heterocycles. The summed E-state index contributed by atoms with van der Waals surface area (Å²) in [5, 5.41) is 0. The zero-order chi connectivity index (χ0) is 26.3. The Labute approximate surface area is 202 Å². The zero-order valence-electron chi connectivity index (χ0n) is 19.1. The van der Waals surface area contributed by atoms with Crippen LogP contribution in [-0.2, 0) is 12.4 Å². The lowest BCUT2D eigenvalue weighted by molar-refractivity contribution is -0.139. The minimum atomic E-state index is -4.70. The number of carbonyl (C=O) groups excluding carboxylic acids is 1. The van der Waals surface area contributed by atoms with E-state index in [1.165, 1.54) is 9.80 Å². The molecule has 2 aromatic carbocycles. The van der Waals surface area contributed by atoms with Crippen LogP contribution in [0.15, 0.2) is 36.4 Å². The van der Waals surface area contributed by atoms with Gasteiger partial charge in [-0.05, 0) is 61.8 Å². The van der Waals surface area contributed by atoms with Crippen LogP contribution in [0.3, 0.4) is 0 Å². The van der Waals surface area contributed by atoms with Crippen molar-refractivity contribution in [3.05, 3.63) is 70.3 Å². The van der Waals surface area contributed by atoms with E-state index in [1.807, 2.05) is 0 Å². The van der Waals surface area contributed by atoms with E-state index >= 15 is 0 Å². The molecular formula is C25H24F8N2O. The first-order valence-electron chi connectivity index (χ1n) is 11.6. The van der Waals surface area contributed by atoms with E-state index in [4.69, 9.17) is 0 Å². The van der Waals surface area contributed by atoms with Crippen molar-refractivity contribution in [1.82, 2.24) is 9.80 Å². The maximum Gasteiger partial charge on any atom is 0.416 e. The van der Waals surface area contributed by atoms with Crippen molar-refractivity contribution in [2.24, 2.45) is 0 Å². The number of rotatable bonds is 2. The highest BCUT2D eigenvalue weighted by atomic mass is 19.4. The molecule has 2 fully saturated rings. The Kier molecular flexibility index (Phi) is 7.21. The second-order valence-corrected chi connectivity index (χ2v) is 9.20. The molecule has 3 nitrogen and oxygen atoms in total. The van der Waals surface area contributed by atoms with Gasteiger partial charge >= 0.3 is 18.4 Å². The molecule has 0 atom stereocenters. The zero-order valence-corrected chi connectivity index (χ0v) is 19.1. The number of nitrogens with zero attached hydrogens (tertiary/aromatic N) is 2. The molecule has 0 radical (unpaired) electrons. The summed E-state index contributed by atoms with van der Waals surface area (Å²) in [5.41, 5.74) is -2.80. The lowest BCUT2D eigenvalue weighted by atomic mass is 9.85. The van der Waals surface area contributed by atoms with Gasteiger partial charge in [-0.25, -0.2) is 13.6 Å². The van der Waals surface area contributed by atoms with Gasteiger partial charge in [0.15, 0.2) is 0 Å². The van der Waals surface area contributed by atoms with Crippen LogP contribution in [0.5, 0.6) is 0 Å².